The molecule has 0 aliphatic rings. The predicted octanol–water partition coefficient (Wildman–Crippen LogP) is 4.60. The van der Waals surface area contributed by atoms with E-state index in [0.29, 0.717) is 17.1 Å². The van der Waals surface area contributed by atoms with Crippen LogP contribution in [0.4, 0.5) is 0 Å². The normalized spacial score (nSPS) is 11.4. The number of aromatic nitrogens is 5. The van der Waals surface area contributed by atoms with Crippen molar-refractivity contribution in [2.75, 3.05) is 7.11 Å². The third-order valence-electron chi connectivity index (χ3n) is 4.55. The van der Waals surface area contributed by atoms with Crippen LogP contribution in [-0.2, 0) is 5.75 Å². The number of halogens is 1. The fourth-order valence-corrected chi connectivity index (χ4v) is 4.41. The Kier molecular flexibility index (Phi) is 5.92. The highest BCUT2D eigenvalue weighted by molar-refractivity contribution is 9.10. The molecule has 3 heterocycles. The van der Waals surface area contributed by atoms with E-state index in [2.05, 4.69) is 49.5 Å². The molecule has 0 bridgehead atoms. The summed E-state index contributed by atoms with van der Waals surface area (Å²) in [4.78, 5) is 17.0. The van der Waals surface area contributed by atoms with Crippen LogP contribution in [0.25, 0.3) is 17.0 Å². The summed E-state index contributed by atoms with van der Waals surface area (Å²) in [7, 11) is 1.64. The molecule has 1 aromatic carbocycles. The quantitative estimate of drug-likeness (QED) is 0.371. The van der Waals surface area contributed by atoms with Gasteiger partial charge in [0.25, 0.3) is 5.56 Å². The lowest BCUT2D eigenvalue weighted by atomic mass is 10.2. The Bertz CT molecular complexity index is 1250. The van der Waals surface area contributed by atoms with Crippen molar-refractivity contribution in [2.24, 2.45) is 0 Å². The number of hydrogen-bond acceptors (Lipinski definition) is 6. The van der Waals surface area contributed by atoms with Crippen LogP contribution in [0.3, 0.4) is 0 Å². The van der Waals surface area contributed by atoms with Crippen molar-refractivity contribution in [3.05, 3.63) is 69.2 Å². The van der Waals surface area contributed by atoms with Gasteiger partial charge in [-0.3, -0.25) is 13.8 Å². The Morgan fingerprint density at radius 3 is 2.60 bits per heavy atom. The van der Waals surface area contributed by atoms with Crippen LogP contribution in [0.5, 0.6) is 5.75 Å². The Morgan fingerprint density at radius 1 is 1.13 bits per heavy atom. The fraction of sp³-hybridized carbons (Fsp3) is 0.238. The van der Waals surface area contributed by atoms with E-state index in [1.54, 1.807) is 19.4 Å². The first-order valence-electron chi connectivity index (χ1n) is 9.36. The summed E-state index contributed by atoms with van der Waals surface area (Å²) in [6.07, 6.45) is 1.72. The van der Waals surface area contributed by atoms with Gasteiger partial charge in [-0.05, 0) is 66.2 Å². The van der Waals surface area contributed by atoms with Gasteiger partial charge in [-0.2, -0.15) is 0 Å². The molecule has 0 spiro atoms. The number of pyridine rings is 1. The third-order valence-corrected chi connectivity index (χ3v) is 6.00. The lowest BCUT2D eigenvalue weighted by Gasteiger charge is -2.14. The molecule has 0 saturated carbocycles. The fourth-order valence-electron chi connectivity index (χ4n) is 3.12. The highest BCUT2D eigenvalue weighted by atomic mass is 79.9. The Balaban J connectivity index is 1.62. The van der Waals surface area contributed by atoms with Gasteiger partial charge >= 0.3 is 0 Å². The van der Waals surface area contributed by atoms with E-state index < -0.39 is 0 Å². The van der Waals surface area contributed by atoms with Crippen LogP contribution < -0.4 is 10.3 Å². The smallest absolute Gasteiger partial charge is 0.258 e. The molecule has 4 aromatic rings. The predicted molar refractivity (Wildman–Crippen MR) is 121 cm³/mol. The summed E-state index contributed by atoms with van der Waals surface area (Å²) in [6.45, 7) is 4.19. The van der Waals surface area contributed by atoms with Gasteiger partial charge in [-0.15, -0.1) is 10.2 Å². The molecular weight excluding hydrogens is 466 g/mol. The number of methoxy groups -OCH3 is 1. The van der Waals surface area contributed by atoms with Crippen LogP contribution in [-0.4, -0.2) is 31.3 Å². The zero-order chi connectivity index (χ0) is 21.3. The summed E-state index contributed by atoms with van der Waals surface area (Å²) in [6, 6.07) is 13.2. The second-order valence-electron chi connectivity index (χ2n) is 6.95. The number of hydrogen-bond donors (Lipinski definition) is 0. The highest BCUT2D eigenvalue weighted by Gasteiger charge is 2.17. The number of nitrogens with zero attached hydrogens (tertiary/aromatic N) is 5. The topological polar surface area (TPSA) is 74.3 Å². The van der Waals surface area contributed by atoms with Crippen molar-refractivity contribution < 1.29 is 4.74 Å². The van der Waals surface area contributed by atoms with Gasteiger partial charge in [0.15, 0.2) is 11.0 Å². The van der Waals surface area contributed by atoms with Crippen molar-refractivity contribution in [1.82, 2.24) is 24.1 Å². The van der Waals surface area contributed by atoms with Crippen LogP contribution in [0, 0.1) is 0 Å². The van der Waals surface area contributed by atoms with Crippen molar-refractivity contribution in [3.63, 3.8) is 0 Å². The number of ether oxygens (including phenoxy) is 1. The average molecular weight is 486 g/mol. The molecular formula is C21H20BrN5O2S. The van der Waals surface area contributed by atoms with Crippen LogP contribution in [0.2, 0.25) is 0 Å². The first kappa shape index (κ1) is 20.6. The zero-order valence-corrected chi connectivity index (χ0v) is 19.1. The van der Waals surface area contributed by atoms with Gasteiger partial charge in [0.05, 0.1) is 12.8 Å². The van der Waals surface area contributed by atoms with E-state index in [0.717, 1.165) is 26.8 Å². The van der Waals surface area contributed by atoms with E-state index in [1.165, 1.54) is 16.2 Å². The number of fused-ring (bicyclic) bond motifs is 1. The molecule has 9 heteroatoms. The summed E-state index contributed by atoms with van der Waals surface area (Å²) < 4.78 is 9.69. The molecule has 0 unspecified atom stereocenters. The summed E-state index contributed by atoms with van der Waals surface area (Å²) in [5.41, 5.74) is 2.18. The maximum absolute atomic E-state index is 12.4. The minimum Gasteiger partial charge on any atom is -0.497 e. The number of benzene rings is 1. The molecule has 0 radical (unpaired) electrons. The molecule has 154 valence electrons. The van der Waals surface area contributed by atoms with Gasteiger partial charge in [-0.1, -0.05) is 11.8 Å². The zero-order valence-electron chi connectivity index (χ0n) is 16.7. The first-order chi connectivity index (χ1) is 14.5. The van der Waals surface area contributed by atoms with E-state index >= 15 is 0 Å². The molecule has 4 rings (SSSR count). The maximum Gasteiger partial charge on any atom is 0.258 e. The highest BCUT2D eigenvalue weighted by Crippen LogP contribution is 2.30. The second-order valence-corrected chi connectivity index (χ2v) is 8.81. The molecule has 0 fully saturated rings. The van der Waals surface area contributed by atoms with Crippen molar-refractivity contribution >= 4 is 33.3 Å². The number of rotatable bonds is 6. The molecule has 0 aliphatic heterocycles. The molecule has 0 saturated heterocycles. The Morgan fingerprint density at radius 2 is 1.90 bits per heavy atom. The van der Waals surface area contributed by atoms with Crippen LogP contribution in [0.1, 0.15) is 25.6 Å². The van der Waals surface area contributed by atoms with Gasteiger partial charge in [-0.25, -0.2) is 4.98 Å². The Labute approximate surface area is 186 Å². The van der Waals surface area contributed by atoms with Gasteiger partial charge < -0.3 is 4.74 Å². The molecule has 3 aromatic heterocycles. The van der Waals surface area contributed by atoms with E-state index in [4.69, 9.17) is 4.74 Å². The van der Waals surface area contributed by atoms with Gasteiger partial charge in [0, 0.05) is 34.1 Å². The third kappa shape index (κ3) is 4.13. The standard InChI is InChI=1S/C21H20BrN5O2S/c1-13(2)27-20(14-4-7-17(29-3)8-5-14)24-25-21(27)30-12-16-10-19(28)26-11-15(22)6-9-18(26)23-16/h4-11,13H,12H2,1-3H3. The minimum atomic E-state index is -0.110. The van der Waals surface area contributed by atoms with Crippen molar-refractivity contribution in [3.8, 4) is 17.1 Å². The lowest BCUT2D eigenvalue weighted by Crippen LogP contribution is -2.15. The van der Waals surface area contributed by atoms with E-state index in [-0.39, 0.29) is 11.6 Å². The summed E-state index contributed by atoms with van der Waals surface area (Å²) >= 11 is 4.90. The maximum atomic E-state index is 12.4. The van der Waals surface area contributed by atoms with Gasteiger partial charge in [0.2, 0.25) is 0 Å². The van der Waals surface area contributed by atoms with Crippen molar-refractivity contribution in [1.29, 1.82) is 0 Å². The monoisotopic (exact) mass is 485 g/mol. The van der Waals surface area contributed by atoms with E-state index in [1.807, 2.05) is 36.4 Å². The van der Waals surface area contributed by atoms with Crippen molar-refractivity contribution in [2.45, 2.75) is 30.8 Å². The SMILES string of the molecule is COc1ccc(-c2nnc(SCc3cc(=O)n4cc(Br)ccc4n3)n2C(C)C)cc1. The summed E-state index contributed by atoms with van der Waals surface area (Å²) in [5, 5.41) is 9.59. The molecule has 0 atom stereocenters. The van der Waals surface area contributed by atoms with E-state index in [9.17, 15) is 4.79 Å². The Hall–Kier alpha value is -2.65. The molecule has 7 nitrogen and oxygen atoms in total. The first-order valence-corrected chi connectivity index (χ1v) is 11.1. The second kappa shape index (κ2) is 8.61. The van der Waals surface area contributed by atoms with Crippen LogP contribution in [0.15, 0.2) is 63.1 Å². The number of thioether (sulfide) groups is 1. The molecule has 0 aliphatic carbocycles. The molecule has 30 heavy (non-hydrogen) atoms. The lowest BCUT2D eigenvalue weighted by molar-refractivity contribution is 0.415. The minimum absolute atomic E-state index is 0.110. The summed E-state index contributed by atoms with van der Waals surface area (Å²) in [5.74, 6) is 2.12. The largest absolute Gasteiger partial charge is 0.497 e. The van der Waals surface area contributed by atoms with Crippen LogP contribution >= 0.6 is 27.7 Å². The molecule has 0 amide bonds. The average Bonchev–Trinajstić information content (AvgIpc) is 3.17. The van der Waals surface area contributed by atoms with Gasteiger partial charge in [0.1, 0.15) is 11.4 Å². The molecule has 0 N–H and O–H groups in total.